The predicted octanol–water partition coefficient (Wildman–Crippen LogP) is 2.91. The third-order valence-corrected chi connectivity index (χ3v) is 2.22. The van der Waals surface area contributed by atoms with Gasteiger partial charge < -0.3 is 4.74 Å². The van der Waals surface area contributed by atoms with E-state index in [2.05, 4.69) is 6.07 Å². The first-order chi connectivity index (χ1) is 6.99. The van der Waals surface area contributed by atoms with Gasteiger partial charge in [0, 0.05) is 5.92 Å². The van der Waals surface area contributed by atoms with Crippen molar-refractivity contribution in [3.8, 4) is 5.75 Å². The van der Waals surface area contributed by atoms with Gasteiger partial charge in [-0.1, -0.05) is 19.9 Å². The quantitative estimate of drug-likeness (QED) is 0.757. The Balaban J connectivity index is 2.61. The molecule has 0 saturated heterocycles. The summed E-state index contributed by atoms with van der Waals surface area (Å²) in [5, 5.41) is 0. The maximum absolute atomic E-state index is 11.4. The van der Waals surface area contributed by atoms with Crippen LogP contribution in [0, 0.1) is 19.8 Å². The number of hydrogen-bond donors (Lipinski definition) is 0. The second kappa shape index (κ2) is 4.96. The first kappa shape index (κ1) is 11.8. The van der Waals surface area contributed by atoms with Crippen LogP contribution in [0.4, 0.5) is 0 Å². The number of aryl methyl sites for hydroxylation is 2. The topological polar surface area (TPSA) is 26.3 Å². The molecule has 1 rings (SSSR count). The second-order valence-corrected chi connectivity index (χ2v) is 4.23. The fourth-order valence-corrected chi connectivity index (χ4v) is 1.34. The monoisotopic (exact) mass is 206 g/mol. The van der Waals surface area contributed by atoms with E-state index in [0.29, 0.717) is 0 Å². The molecule has 0 spiro atoms. The molecule has 0 atom stereocenters. The van der Waals surface area contributed by atoms with Crippen LogP contribution >= 0.6 is 0 Å². The van der Waals surface area contributed by atoms with E-state index < -0.39 is 0 Å². The number of rotatable bonds is 4. The van der Waals surface area contributed by atoms with Gasteiger partial charge in [-0.2, -0.15) is 0 Å². The van der Waals surface area contributed by atoms with E-state index >= 15 is 0 Å². The zero-order valence-electron chi connectivity index (χ0n) is 9.83. The van der Waals surface area contributed by atoms with Crippen LogP contribution < -0.4 is 4.74 Å². The minimum atomic E-state index is 0.0379. The Morgan fingerprint density at radius 2 is 1.73 bits per heavy atom. The summed E-state index contributed by atoms with van der Waals surface area (Å²) in [6.45, 7) is 7.97. The summed E-state index contributed by atoms with van der Waals surface area (Å²) >= 11 is 0. The van der Waals surface area contributed by atoms with E-state index in [1.54, 1.807) is 0 Å². The lowest BCUT2D eigenvalue weighted by molar-refractivity contribution is -0.123. The zero-order valence-corrected chi connectivity index (χ0v) is 9.83. The molecule has 0 radical (unpaired) electrons. The Morgan fingerprint density at radius 1 is 1.20 bits per heavy atom. The highest BCUT2D eigenvalue weighted by Gasteiger charge is 2.07. The van der Waals surface area contributed by atoms with Gasteiger partial charge in [-0.15, -0.1) is 0 Å². The van der Waals surface area contributed by atoms with Crippen molar-refractivity contribution < 1.29 is 9.53 Å². The Hall–Kier alpha value is -1.31. The summed E-state index contributed by atoms with van der Waals surface area (Å²) in [6.07, 6.45) is 0. The van der Waals surface area contributed by atoms with E-state index in [-0.39, 0.29) is 18.3 Å². The van der Waals surface area contributed by atoms with Crippen molar-refractivity contribution in [2.75, 3.05) is 6.61 Å². The molecule has 0 aromatic heterocycles. The van der Waals surface area contributed by atoms with Crippen molar-refractivity contribution in [2.24, 2.45) is 5.92 Å². The van der Waals surface area contributed by atoms with Gasteiger partial charge in [0.2, 0.25) is 0 Å². The molecule has 0 saturated carbocycles. The number of Topliss-reactive ketones (excluding diaryl/α,β-unsaturated/α-hetero) is 1. The second-order valence-electron chi connectivity index (χ2n) is 4.23. The molecule has 0 fully saturated rings. The molecule has 0 N–H and O–H groups in total. The van der Waals surface area contributed by atoms with Crippen LogP contribution in [0.15, 0.2) is 18.2 Å². The molecule has 0 bridgehead atoms. The van der Waals surface area contributed by atoms with E-state index in [1.165, 1.54) is 0 Å². The minimum Gasteiger partial charge on any atom is -0.486 e. The van der Waals surface area contributed by atoms with Crippen LogP contribution in [-0.4, -0.2) is 12.4 Å². The van der Waals surface area contributed by atoms with Gasteiger partial charge in [-0.05, 0) is 37.1 Å². The highest BCUT2D eigenvalue weighted by Crippen LogP contribution is 2.16. The van der Waals surface area contributed by atoms with Crippen molar-refractivity contribution in [1.82, 2.24) is 0 Å². The lowest BCUT2D eigenvalue weighted by atomic mass is 10.1. The fourth-order valence-electron chi connectivity index (χ4n) is 1.34. The smallest absolute Gasteiger partial charge is 0.172 e. The van der Waals surface area contributed by atoms with E-state index in [0.717, 1.165) is 16.9 Å². The van der Waals surface area contributed by atoms with Gasteiger partial charge in [0.1, 0.15) is 12.4 Å². The third-order valence-electron chi connectivity index (χ3n) is 2.22. The van der Waals surface area contributed by atoms with Gasteiger partial charge in [0.15, 0.2) is 5.78 Å². The number of carbonyl (C=O) groups excluding carboxylic acids is 1. The molecule has 0 aliphatic rings. The van der Waals surface area contributed by atoms with E-state index in [4.69, 9.17) is 4.74 Å². The normalized spacial score (nSPS) is 10.5. The molecule has 1 aromatic rings. The molecule has 2 nitrogen and oxygen atoms in total. The molecule has 1 aromatic carbocycles. The Morgan fingerprint density at radius 3 is 2.20 bits per heavy atom. The summed E-state index contributed by atoms with van der Waals surface area (Å²) in [4.78, 5) is 11.4. The van der Waals surface area contributed by atoms with Gasteiger partial charge in [-0.3, -0.25) is 4.79 Å². The summed E-state index contributed by atoms with van der Waals surface area (Å²) < 4.78 is 5.44. The average Bonchev–Trinajstić information content (AvgIpc) is 2.12. The summed E-state index contributed by atoms with van der Waals surface area (Å²) in [6, 6.07) is 5.97. The number of benzene rings is 1. The lowest BCUT2D eigenvalue weighted by Crippen LogP contribution is -2.16. The number of carbonyl (C=O) groups is 1. The molecule has 0 amide bonds. The largest absolute Gasteiger partial charge is 0.486 e. The summed E-state index contributed by atoms with van der Waals surface area (Å²) in [5.74, 6) is 0.951. The number of hydrogen-bond acceptors (Lipinski definition) is 2. The van der Waals surface area contributed by atoms with Crippen molar-refractivity contribution in [3.63, 3.8) is 0 Å². The zero-order chi connectivity index (χ0) is 11.4. The van der Waals surface area contributed by atoms with Gasteiger partial charge in [0.25, 0.3) is 0 Å². The van der Waals surface area contributed by atoms with Crippen molar-refractivity contribution >= 4 is 5.78 Å². The average molecular weight is 206 g/mol. The molecule has 0 heterocycles. The van der Waals surface area contributed by atoms with Crippen LogP contribution in [0.3, 0.4) is 0 Å². The number of ketones is 1. The van der Waals surface area contributed by atoms with Crippen molar-refractivity contribution in [1.29, 1.82) is 0 Å². The van der Waals surface area contributed by atoms with Crippen LogP contribution in [0.5, 0.6) is 5.75 Å². The molecule has 82 valence electrons. The maximum atomic E-state index is 11.4. The molecule has 0 aliphatic heterocycles. The molecular weight excluding hydrogens is 188 g/mol. The summed E-state index contributed by atoms with van der Waals surface area (Å²) in [5.41, 5.74) is 2.31. The summed E-state index contributed by atoms with van der Waals surface area (Å²) in [7, 11) is 0. The fraction of sp³-hybridized carbons (Fsp3) is 0.462. The van der Waals surface area contributed by atoms with Crippen molar-refractivity contribution in [2.45, 2.75) is 27.7 Å². The number of ether oxygens (including phenoxy) is 1. The Bertz CT molecular complexity index is 333. The van der Waals surface area contributed by atoms with Gasteiger partial charge in [0.05, 0.1) is 0 Å². The highest BCUT2D eigenvalue weighted by molar-refractivity contribution is 5.81. The van der Waals surface area contributed by atoms with E-state index in [9.17, 15) is 4.79 Å². The third kappa shape index (κ3) is 3.74. The first-order valence-corrected chi connectivity index (χ1v) is 5.23. The molecular formula is C13H18O2. The SMILES string of the molecule is Cc1cc(C)cc(OCC(=O)C(C)C)c1. The molecule has 0 unspecified atom stereocenters. The van der Waals surface area contributed by atoms with Crippen LogP contribution in [0.1, 0.15) is 25.0 Å². The van der Waals surface area contributed by atoms with Crippen LogP contribution in [-0.2, 0) is 4.79 Å². The minimum absolute atomic E-state index is 0.0379. The Labute approximate surface area is 91.3 Å². The van der Waals surface area contributed by atoms with Crippen LogP contribution in [0.2, 0.25) is 0 Å². The molecule has 15 heavy (non-hydrogen) atoms. The standard InChI is InChI=1S/C13H18O2/c1-9(2)13(14)8-15-12-6-10(3)5-11(4)7-12/h5-7,9H,8H2,1-4H3. The highest BCUT2D eigenvalue weighted by atomic mass is 16.5. The molecule has 2 heteroatoms. The van der Waals surface area contributed by atoms with Gasteiger partial charge >= 0.3 is 0 Å². The van der Waals surface area contributed by atoms with Crippen molar-refractivity contribution in [3.05, 3.63) is 29.3 Å². The lowest BCUT2D eigenvalue weighted by Gasteiger charge is -2.08. The predicted molar refractivity (Wildman–Crippen MR) is 61.3 cm³/mol. The van der Waals surface area contributed by atoms with Crippen LogP contribution in [0.25, 0.3) is 0 Å². The maximum Gasteiger partial charge on any atom is 0.172 e. The van der Waals surface area contributed by atoms with E-state index in [1.807, 2.05) is 39.8 Å². The first-order valence-electron chi connectivity index (χ1n) is 5.23. The Kier molecular flexibility index (Phi) is 3.89. The van der Waals surface area contributed by atoms with Gasteiger partial charge in [-0.25, -0.2) is 0 Å². The molecule has 0 aliphatic carbocycles.